The first kappa shape index (κ1) is 17.8. The molecule has 2 amide bonds. The van der Waals surface area contributed by atoms with Gasteiger partial charge in [0.2, 0.25) is 0 Å². The Kier molecular flexibility index (Phi) is 6.37. The second-order valence-electron chi connectivity index (χ2n) is 4.89. The van der Waals surface area contributed by atoms with Gasteiger partial charge < -0.3 is 20.1 Å². The lowest BCUT2D eigenvalue weighted by Gasteiger charge is -2.09. The number of para-hydroxylation sites is 1. The molecule has 0 atom stereocenters. The molecule has 2 aromatic rings. The monoisotopic (exact) mass is 339 g/mol. The van der Waals surface area contributed by atoms with Gasteiger partial charge in [0, 0.05) is 0 Å². The van der Waals surface area contributed by atoms with E-state index in [1.54, 1.807) is 55.6 Å². The largest absolute Gasteiger partial charge is 0.497 e. The van der Waals surface area contributed by atoms with Crippen molar-refractivity contribution >= 4 is 17.5 Å². The topological polar surface area (TPSA) is 100 Å². The standard InChI is InChI=1S/C18H17N3O4/c1-24-14-6-8-15(9-7-14)25-11-10-20-17(22)18(23)21-16-5-3-2-4-13(16)12-19/h2-9H,10-11H2,1H3,(H,20,22)(H,21,23). The number of nitrogens with zero attached hydrogens (tertiary/aromatic N) is 1. The number of rotatable bonds is 6. The van der Waals surface area contributed by atoms with Crippen LogP contribution in [0.3, 0.4) is 0 Å². The molecule has 0 bridgehead atoms. The summed E-state index contributed by atoms with van der Waals surface area (Å²) in [5, 5.41) is 13.8. The number of ether oxygens (including phenoxy) is 2. The first-order valence-corrected chi connectivity index (χ1v) is 7.49. The fourth-order valence-corrected chi connectivity index (χ4v) is 1.95. The Hall–Kier alpha value is -3.53. The van der Waals surface area contributed by atoms with Crippen LogP contribution < -0.4 is 20.1 Å². The Morgan fingerprint density at radius 3 is 2.40 bits per heavy atom. The van der Waals surface area contributed by atoms with Gasteiger partial charge in [-0.15, -0.1) is 0 Å². The van der Waals surface area contributed by atoms with Gasteiger partial charge in [-0.2, -0.15) is 5.26 Å². The maximum absolute atomic E-state index is 11.8. The zero-order valence-corrected chi connectivity index (χ0v) is 13.6. The fourth-order valence-electron chi connectivity index (χ4n) is 1.95. The average Bonchev–Trinajstić information content (AvgIpc) is 2.65. The normalized spacial score (nSPS) is 9.60. The number of amides is 2. The van der Waals surface area contributed by atoms with Crippen molar-refractivity contribution in [3.63, 3.8) is 0 Å². The second-order valence-corrected chi connectivity index (χ2v) is 4.89. The molecule has 2 rings (SSSR count). The highest BCUT2D eigenvalue weighted by Gasteiger charge is 2.14. The minimum Gasteiger partial charge on any atom is -0.497 e. The van der Waals surface area contributed by atoms with Crippen LogP contribution in [0, 0.1) is 11.3 Å². The molecule has 0 fully saturated rings. The lowest BCUT2D eigenvalue weighted by Crippen LogP contribution is -2.37. The van der Waals surface area contributed by atoms with Crippen LogP contribution in [-0.2, 0) is 9.59 Å². The molecule has 0 saturated carbocycles. The molecule has 25 heavy (non-hydrogen) atoms. The third kappa shape index (κ3) is 5.25. The highest BCUT2D eigenvalue weighted by Crippen LogP contribution is 2.16. The third-order valence-corrected chi connectivity index (χ3v) is 3.22. The molecule has 7 nitrogen and oxygen atoms in total. The summed E-state index contributed by atoms with van der Waals surface area (Å²) in [6.07, 6.45) is 0. The zero-order chi connectivity index (χ0) is 18.1. The van der Waals surface area contributed by atoms with Gasteiger partial charge in [0.25, 0.3) is 0 Å². The molecule has 0 saturated heterocycles. The van der Waals surface area contributed by atoms with E-state index in [-0.39, 0.29) is 18.7 Å². The van der Waals surface area contributed by atoms with Gasteiger partial charge in [0.1, 0.15) is 24.2 Å². The van der Waals surface area contributed by atoms with E-state index < -0.39 is 11.8 Å². The van der Waals surface area contributed by atoms with Crippen molar-refractivity contribution < 1.29 is 19.1 Å². The van der Waals surface area contributed by atoms with E-state index in [9.17, 15) is 9.59 Å². The minimum absolute atomic E-state index is 0.165. The smallest absolute Gasteiger partial charge is 0.313 e. The Labute approximate surface area is 145 Å². The SMILES string of the molecule is COc1ccc(OCCNC(=O)C(=O)Nc2ccccc2C#N)cc1. The minimum atomic E-state index is -0.841. The van der Waals surface area contributed by atoms with E-state index in [1.165, 1.54) is 0 Å². The molecular weight excluding hydrogens is 322 g/mol. The van der Waals surface area contributed by atoms with Gasteiger partial charge in [-0.1, -0.05) is 12.1 Å². The quantitative estimate of drug-likeness (QED) is 0.616. The van der Waals surface area contributed by atoms with E-state index >= 15 is 0 Å². The Balaban J connectivity index is 1.76. The second kappa shape index (κ2) is 8.93. The molecule has 0 aliphatic rings. The van der Waals surface area contributed by atoms with E-state index in [0.717, 1.165) is 5.75 Å². The molecule has 128 valence electrons. The number of hydrogen-bond donors (Lipinski definition) is 2. The molecule has 0 unspecified atom stereocenters. The van der Waals surface area contributed by atoms with E-state index in [2.05, 4.69) is 10.6 Å². The molecule has 0 radical (unpaired) electrons. The summed E-state index contributed by atoms with van der Waals surface area (Å²) in [5.74, 6) is -0.296. The molecule has 0 spiro atoms. The molecule has 0 aromatic heterocycles. The number of methoxy groups -OCH3 is 1. The molecular formula is C18H17N3O4. The molecule has 0 aliphatic heterocycles. The van der Waals surface area contributed by atoms with Crippen molar-refractivity contribution in [2.24, 2.45) is 0 Å². The number of nitrogens with one attached hydrogen (secondary N) is 2. The predicted molar refractivity (Wildman–Crippen MR) is 91.3 cm³/mol. The summed E-state index contributed by atoms with van der Waals surface area (Å²) in [4.78, 5) is 23.6. The maximum atomic E-state index is 11.8. The molecule has 0 heterocycles. The van der Waals surface area contributed by atoms with Crippen molar-refractivity contribution in [3.8, 4) is 17.6 Å². The average molecular weight is 339 g/mol. The number of carbonyl (C=O) groups is 2. The Morgan fingerprint density at radius 2 is 1.72 bits per heavy atom. The predicted octanol–water partition coefficient (Wildman–Crippen LogP) is 1.70. The van der Waals surface area contributed by atoms with Crippen molar-refractivity contribution in [2.75, 3.05) is 25.6 Å². The highest BCUT2D eigenvalue weighted by atomic mass is 16.5. The Bertz CT molecular complexity index is 782. The van der Waals surface area contributed by atoms with Gasteiger partial charge in [0.05, 0.1) is 24.9 Å². The van der Waals surface area contributed by atoms with Gasteiger partial charge in [-0.25, -0.2) is 0 Å². The van der Waals surface area contributed by atoms with E-state index in [4.69, 9.17) is 14.7 Å². The van der Waals surface area contributed by atoms with Crippen LogP contribution in [-0.4, -0.2) is 32.1 Å². The summed E-state index contributed by atoms with van der Waals surface area (Å²) in [5.41, 5.74) is 0.575. The van der Waals surface area contributed by atoms with Crippen LogP contribution in [0.1, 0.15) is 5.56 Å². The van der Waals surface area contributed by atoms with E-state index in [0.29, 0.717) is 11.4 Å². The van der Waals surface area contributed by atoms with Crippen molar-refractivity contribution in [1.82, 2.24) is 5.32 Å². The lowest BCUT2D eigenvalue weighted by molar-refractivity contribution is -0.136. The van der Waals surface area contributed by atoms with Crippen LogP contribution >= 0.6 is 0 Å². The maximum Gasteiger partial charge on any atom is 0.313 e. The van der Waals surface area contributed by atoms with Gasteiger partial charge >= 0.3 is 11.8 Å². The van der Waals surface area contributed by atoms with Crippen molar-refractivity contribution in [3.05, 3.63) is 54.1 Å². The molecule has 2 aromatic carbocycles. The summed E-state index contributed by atoms with van der Waals surface area (Å²) in [6.45, 7) is 0.373. The summed E-state index contributed by atoms with van der Waals surface area (Å²) in [7, 11) is 1.57. The van der Waals surface area contributed by atoms with Crippen molar-refractivity contribution in [2.45, 2.75) is 0 Å². The summed E-state index contributed by atoms with van der Waals surface area (Å²) in [6, 6.07) is 15.4. The highest BCUT2D eigenvalue weighted by molar-refractivity contribution is 6.39. The first-order chi connectivity index (χ1) is 12.1. The summed E-state index contributed by atoms with van der Waals surface area (Å²) >= 11 is 0. The van der Waals surface area contributed by atoms with Crippen LogP contribution in [0.15, 0.2) is 48.5 Å². The number of anilines is 1. The van der Waals surface area contributed by atoms with Crippen LogP contribution in [0.5, 0.6) is 11.5 Å². The molecule has 0 aliphatic carbocycles. The molecule has 2 N–H and O–H groups in total. The zero-order valence-electron chi connectivity index (χ0n) is 13.6. The lowest BCUT2D eigenvalue weighted by atomic mass is 10.2. The number of hydrogen-bond acceptors (Lipinski definition) is 5. The molecule has 7 heteroatoms. The van der Waals surface area contributed by atoms with Crippen molar-refractivity contribution in [1.29, 1.82) is 5.26 Å². The summed E-state index contributed by atoms with van der Waals surface area (Å²) < 4.78 is 10.5. The van der Waals surface area contributed by atoms with Crippen LogP contribution in [0.25, 0.3) is 0 Å². The van der Waals surface area contributed by atoms with E-state index in [1.807, 2.05) is 6.07 Å². The van der Waals surface area contributed by atoms with Gasteiger partial charge in [-0.05, 0) is 36.4 Å². The van der Waals surface area contributed by atoms with Gasteiger partial charge in [0.15, 0.2) is 0 Å². The Morgan fingerprint density at radius 1 is 1.04 bits per heavy atom. The number of nitriles is 1. The van der Waals surface area contributed by atoms with Crippen LogP contribution in [0.4, 0.5) is 5.69 Å². The van der Waals surface area contributed by atoms with Crippen LogP contribution in [0.2, 0.25) is 0 Å². The number of carbonyl (C=O) groups excluding carboxylic acids is 2. The first-order valence-electron chi connectivity index (χ1n) is 7.49. The third-order valence-electron chi connectivity index (χ3n) is 3.22. The number of benzene rings is 2. The van der Waals surface area contributed by atoms with Gasteiger partial charge in [-0.3, -0.25) is 9.59 Å². The fraction of sp³-hybridized carbons (Fsp3) is 0.167.